The van der Waals surface area contributed by atoms with E-state index in [1.807, 2.05) is 23.1 Å². The van der Waals surface area contributed by atoms with Crippen molar-refractivity contribution in [3.05, 3.63) is 42.0 Å². The van der Waals surface area contributed by atoms with E-state index in [4.69, 9.17) is 5.73 Å². The molecule has 4 heteroatoms. The minimum absolute atomic E-state index is 0.752. The Labute approximate surface area is 106 Å². The summed E-state index contributed by atoms with van der Waals surface area (Å²) < 4.78 is 1.88. The van der Waals surface area contributed by atoms with Gasteiger partial charge >= 0.3 is 0 Å². The Kier molecular flexibility index (Phi) is 4.09. The highest BCUT2D eigenvalue weighted by molar-refractivity contribution is 7.98. The Hall–Kier alpha value is -1.42. The summed E-state index contributed by atoms with van der Waals surface area (Å²) in [6.45, 7) is 0.876. The molecule has 0 atom stereocenters. The van der Waals surface area contributed by atoms with Gasteiger partial charge < -0.3 is 5.73 Å². The van der Waals surface area contributed by atoms with Crippen molar-refractivity contribution in [3.63, 3.8) is 0 Å². The van der Waals surface area contributed by atoms with Gasteiger partial charge in [-0.3, -0.25) is 0 Å². The lowest BCUT2D eigenvalue weighted by atomic mass is 10.1. The number of aromatic nitrogens is 2. The number of benzene rings is 1. The van der Waals surface area contributed by atoms with Crippen LogP contribution in [-0.2, 0) is 13.0 Å². The van der Waals surface area contributed by atoms with E-state index in [0.717, 1.165) is 30.2 Å². The van der Waals surface area contributed by atoms with Crippen LogP contribution in [0, 0.1) is 0 Å². The first-order valence-corrected chi connectivity index (χ1v) is 6.93. The van der Waals surface area contributed by atoms with Gasteiger partial charge in [0.1, 0.15) is 10.8 Å². The third-order valence-corrected chi connectivity index (χ3v) is 3.29. The van der Waals surface area contributed by atoms with Gasteiger partial charge in [0.25, 0.3) is 0 Å². The van der Waals surface area contributed by atoms with Crippen LogP contribution < -0.4 is 5.73 Å². The number of hydrogen-bond donors (Lipinski definition) is 1. The van der Waals surface area contributed by atoms with Crippen LogP contribution in [0.3, 0.4) is 0 Å². The molecule has 0 amide bonds. The monoisotopic (exact) mass is 247 g/mol. The van der Waals surface area contributed by atoms with E-state index < -0.39 is 0 Å². The van der Waals surface area contributed by atoms with Gasteiger partial charge in [0.05, 0.1) is 0 Å². The van der Waals surface area contributed by atoms with Crippen molar-refractivity contribution >= 4 is 17.6 Å². The average Bonchev–Trinajstić information content (AvgIpc) is 2.72. The fraction of sp³-hybridized carbons (Fsp3) is 0.308. The Morgan fingerprint density at radius 1 is 1.29 bits per heavy atom. The molecule has 1 aromatic carbocycles. The summed E-state index contributed by atoms with van der Waals surface area (Å²) >= 11 is 1.62. The van der Waals surface area contributed by atoms with E-state index in [1.165, 1.54) is 5.56 Å². The zero-order valence-electron chi connectivity index (χ0n) is 9.97. The zero-order valence-corrected chi connectivity index (χ0v) is 10.8. The number of thioether (sulfide) groups is 1. The summed E-state index contributed by atoms with van der Waals surface area (Å²) in [7, 11) is 0. The molecule has 0 aliphatic carbocycles. The number of aryl methyl sites for hydroxylation is 2. The largest absolute Gasteiger partial charge is 0.384 e. The summed E-state index contributed by atoms with van der Waals surface area (Å²) in [6, 6.07) is 12.4. The third-order valence-electron chi connectivity index (χ3n) is 2.68. The van der Waals surface area contributed by atoms with Gasteiger partial charge in [-0.2, -0.15) is 5.10 Å². The second kappa shape index (κ2) is 5.77. The Morgan fingerprint density at radius 3 is 2.71 bits per heavy atom. The summed E-state index contributed by atoms with van der Waals surface area (Å²) in [5.74, 6) is 0.752. The Balaban J connectivity index is 1.88. The molecule has 0 bridgehead atoms. The highest BCUT2D eigenvalue weighted by atomic mass is 32.2. The molecule has 1 heterocycles. The van der Waals surface area contributed by atoms with Crippen molar-refractivity contribution in [3.8, 4) is 0 Å². The summed E-state index contributed by atoms with van der Waals surface area (Å²) in [5, 5.41) is 5.40. The zero-order chi connectivity index (χ0) is 12.1. The number of hydrogen-bond acceptors (Lipinski definition) is 3. The lowest BCUT2D eigenvalue weighted by Crippen LogP contribution is -2.05. The van der Waals surface area contributed by atoms with Crippen LogP contribution in [0.5, 0.6) is 0 Å². The smallest absolute Gasteiger partial charge is 0.122 e. The highest BCUT2D eigenvalue weighted by Gasteiger charge is 2.03. The minimum atomic E-state index is 0.752. The van der Waals surface area contributed by atoms with Crippen molar-refractivity contribution in [2.24, 2.45) is 0 Å². The second-order valence-electron chi connectivity index (χ2n) is 3.92. The standard InChI is InChI=1S/C13H17N3S/c1-17-13-10-12(14)16(15-13)9-5-8-11-6-3-2-4-7-11/h2-4,6-7,10H,5,8-9,14H2,1H3. The molecule has 0 fully saturated rings. The van der Waals surface area contributed by atoms with Crippen LogP contribution in [0.15, 0.2) is 41.4 Å². The number of anilines is 1. The van der Waals surface area contributed by atoms with Gasteiger partial charge in [0.2, 0.25) is 0 Å². The lowest BCUT2D eigenvalue weighted by molar-refractivity contribution is 0.575. The molecule has 0 saturated carbocycles. The van der Waals surface area contributed by atoms with Crippen molar-refractivity contribution < 1.29 is 0 Å². The van der Waals surface area contributed by atoms with Crippen LogP contribution in [0.25, 0.3) is 0 Å². The molecular weight excluding hydrogens is 230 g/mol. The predicted octanol–water partition coefficient (Wildman–Crippen LogP) is 2.82. The molecule has 0 spiro atoms. The molecule has 2 aromatic rings. The maximum Gasteiger partial charge on any atom is 0.122 e. The molecule has 0 aliphatic rings. The van der Waals surface area contributed by atoms with Crippen LogP contribution in [0.4, 0.5) is 5.82 Å². The minimum Gasteiger partial charge on any atom is -0.384 e. The molecule has 17 heavy (non-hydrogen) atoms. The van der Waals surface area contributed by atoms with Crippen molar-refractivity contribution in [1.82, 2.24) is 9.78 Å². The molecule has 0 aliphatic heterocycles. The van der Waals surface area contributed by atoms with E-state index in [-0.39, 0.29) is 0 Å². The highest BCUT2D eigenvalue weighted by Crippen LogP contribution is 2.16. The van der Waals surface area contributed by atoms with Gasteiger partial charge in [-0.15, -0.1) is 11.8 Å². The van der Waals surface area contributed by atoms with Crippen LogP contribution in [-0.4, -0.2) is 16.0 Å². The van der Waals surface area contributed by atoms with E-state index in [1.54, 1.807) is 11.8 Å². The second-order valence-corrected chi connectivity index (χ2v) is 4.75. The lowest BCUT2D eigenvalue weighted by Gasteiger charge is -2.04. The van der Waals surface area contributed by atoms with E-state index >= 15 is 0 Å². The van der Waals surface area contributed by atoms with Crippen LogP contribution >= 0.6 is 11.8 Å². The molecule has 2 rings (SSSR count). The maximum atomic E-state index is 5.88. The van der Waals surface area contributed by atoms with Gasteiger partial charge in [-0.05, 0) is 24.7 Å². The fourth-order valence-corrected chi connectivity index (χ4v) is 2.18. The maximum absolute atomic E-state index is 5.88. The van der Waals surface area contributed by atoms with Gasteiger partial charge in [-0.25, -0.2) is 4.68 Å². The van der Waals surface area contributed by atoms with Crippen molar-refractivity contribution in [2.45, 2.75) is 24.4 Å². The molecule has 3 nitrogen and oxygen atoms in total. The quantitative estimate of drug-likeness (QED) is 0.826. The van der Waals surface area contributed by atoms with Crippen LogP contribution in [0.1, 0.15) is 12.0 Å². The van der Waals surface area contributed by atoms with Crippen LogP contribution in [0.2, 0.25) is 0 Å². The van der Waals surface area contributed by atoms with E-state index in [2.05, 4.69) is 29.4 Å². The predicted molar refractivity (Wildman–Crippen MR) is 73.2 cm³/mol. The first kappa shape index (κ1) is 12.0. The van der Waals surface area contributed by atoms with Gasteiger partial charge in [0.15, 0.2) is 0 Å². The SMILES string of the molecule is CSc1cc(N)n(CCCc2ccccc2)n1. The topological polar surface area (TPSA) is 43.8 Å². The molecule has 0 radical (unpaired) electrons. The van der Waals surface area contributed by atoms with Gasteiger partial charge in [0, 0.05) is 12.6 Å². The summed E-state index contributed by atoms with van der Waals surface area (Å²) in [5.41, 5.74) is 7.25. The first-order valence-electron chi connectivity index (χ1n) is 5.71. The number of rotatable bonds is 5. The average molecular weight is 247 g/mol. The van der Waals surface area contributed by atoms with Crippen molar-refractivity contribution in [2.75, 3.05) is 12.0 Å². The number of nitrogen functional groups attached to an aromatic ring is 1. The van der Waals surface area contributed by atoms with E-state index in [9.17, 15) is 0 Å². The molecule has 1 aromatic heterocycles. The normalized spacial score (nSPS) is 10.6. The fourth-order valence-electron chi connectivity index (χ4n) is 1.76. The summed E-state index contributed by atoms with van der Waals surface area (Å²) in [6.07, 6.45) is 4.13. The van der Waals surface area contributed by atoms with Crippen molar-refractivity contribution in [1.29, 1.82) is 0 Å². The Morgan fingerprint density at radius 2 is 2.06 bits per heavy atom. The summed E-state index contributed by atoms with van der Waals surface area (Å²) in [4.78, 5) is 0. The molecule has 90 valence electrons. The number of nitrogens with two attached hydrogens (primary N) is 1. The molecule has 0 saturated heterocycles. The molecule has 0 unspecified atom stereocenters. The third kappa shape index (κ3) is 3.27. The molecular formula is C13H17N3S. The number of nitrogens with zero attached hydrogens (tertiary/aromatic N) is 2. The Bertz CT molecular complexity index is 465. The van der Waals surface area contributed by atoms with Gasteiger partial charge in [-0.1, -0.05) is 30.3 Å². The van der Waals surface area contributed by atoms with E-state index in [0.29, 0.717) is 0 Å². The first-order chi connectivity index (χ1) is 8.29. The molecule has 2 N–H and O–H groups in total.